The molecule has 0 saturated carbocycles. The molecule has 0 N–H and O–H groups in total. The minimum atomic E-state index is 0.416. The molecule has 0 radical (unpaired) electrons. The zero-order valence-electron chi connectivity index (χ0n) is 11.1. The van der Waals surface area contributed by atoms with Crippen LogP contribution in [0.4, 0.5) is 0 Å². The first-order chi connectivity index (χ1) is 8.81. The van der Waals surface area contributed by atoms with E-state index in [0.29, 0.717) is 6.10 Å². The summed E-state index contributed by atoms with van der Waals surface area (Å²) in [6.45, 7) is 3.17. The fourth-order valence-electron chi connectivity index (χ4n) is 2.21. The third-order valence-electron chi connectivity index (χ3n) is 3.35. The molecule has 0 amide bonds. The first-order valence-electron chi connectivity index (χ1n) is 6.37. The third-order valence-corrected chi connectivity index (χ3v) is 3.35. The first kappa shape index (κ1) is 13.1. The zero-order chi connectivity index (χ0) is 12.8. The Hall–Kier alpha value is -1.32. The van der Waals surface area contributed by atoms with Gasteiger partial charge in [0.05, 0.1) is 13.2 Å². The highest BCUT2D eigenvalue weighted by atomic mass is 16.5. The topological polar surface area (TPSA) is 21.7 Å². The van der Waals surface area contributed by atoms with Crippen LogP contribution in [-0.2, 0) is 4.74 Å². The first-order valence-corrected chi connectivity index (χ1v) is 6.37. The molecule has 1 aliphatic rings. The summed E-state index contributed by atoms with van der Waals surface area (Å²) < 4.78 is 10.5. The van der Waals surface area contributed by atoms with E-state index in [1.807, 2.05) is 12.1 Å². The Labute approximate surface area is 109 Å². The van der Waals surface area contributed by atoms with Gasteiger partial charge in [-0.2, -0.15) is 0 Å². The second-order valence-corrected chi connectivity index (χ2v) is 4.58. The maximum atomic E-state index is 5.35. The van der Waals surface area contributed by atoms with Gasteiger partial charge in [0, 0.05) is 26.7 Å². The summed E-state index contributed by atoms with van der Waals surface area (Å²) in [7, 11) is 3.48. The van der Waals surface area contributed by atoms with Crippen molar-refractivity contribution in [2.24, 2.45) is 0 Å². The van der Waals surface area contributed by atoms with Gasteiger partial charge in [0.15, 0.2) is 0 Å². The second-order valence-electron chi connectivity index (χ2n) is 4.58. The number of hydrogen-bond acceptors (Lipinski definition) is 3. The minimum absolute atomic E-state index is 0.416. The Bertz CT molecular complexity index is 386. The molecule has 1 saturated heterocycles. The Kier molecular flexibility index (Phi) is 4.79. The SMILES string of the molecule is COc1ccc(C=CCN2CCC(OC)C2)cc1. The summed E-state index contributed by atoms with van der Waals surface area (Å²) in [6.07, 6.45) is 5.92. The molecular weight excluding hydrogens is 226 g/mol. The van der Waals surface area contributed by atoms with E-state index in [0.717, 1.165) is 31.8 Å². The van der Waals surface area contributed by atoms with Crippen LogP contribution in [0.1, 0.15) is 12.0 Å². The standard InChI is InChI=1S/C15H21NO2/c1-17-14-7-5-13(6-8-14)4-3-10-16-11-9-15(12-16)18-2/h3-8,15H,9-12H2,1-2H3. The quantitative estimate of drug-likeness (QED) is 0.797. The summed E-state index contributed by atoms with van der Waals surface area (Å²) in [5.41, 5.74) is 1.21. The van der Waals surface area contributed by atoms with Crippen molar-refractivity contribution in [3.05, 3.63) is 35.9 Å². The van der Waals surface area contributed by atoms with Crippen molar-refractivity contribution in [2.45, 2.75) is 12.5 Å². The number of nitrogens with zero attached hydrogens (tertiary/aromatic N) is 1. The highest BCUT2D eigenvalue weighted by Gasteiger charge is 2.20. The van der Waals surface area contributed by atoms with Crippen LogP contribution in [0, 0.1) is 0 Å². The van der Waals surface area contributed by atoms with Crippen LogP contribution in [0.5, 0.6) is 5.75 Å². The molecule has 18 heavy (non-hydrogen) atoms. The average molecular weight is 247 g/mol. The van der Waals surface area contributed by atoms with Gasteiger partial charge in [-0.15, -0.1) is 0 Å². The molecule has 1 heterocycles. The lowest BCUT2D eigenvalue weighted by atomic mass is 10.2. The summed E-state index contributed by atoms with van der Waals surface area (Å²) in [5.74, 6) is 0.898. The second kappa shape index (κ2) is 6.57. The molecule has 98 valence electrons. The fourth-order valence-corrected chi connectivity index (χ4v) is 2.21. The fraction of sp³-hybridized carbons (Fsp3) is 0.467. The largest absolute Gasteiger partial charge is 0.497 e. The maximum Gasteiger partial charge on any atom is 0.118 e. The zero-order valence-corrected chi connectivity index (χ0v) is 11.1. The lowest BCUT2D eigenvalue weighted by Gasteiger charge is -2.12. The Morgan fingerprint density at radius 2 is 2.06 bits per heavy atom. The summed E-state index contributed by atoms with van der Waals surface area (Å²) >= 11 is 0. The van der Waals surface area contributed by atoms with Gasteiger partial charge in [-0.05, 0) is 24.1 Å². The Balaban J connectivity index is 1.80. The summed E-state index contributed by atoms with van der Waals surface area (Å²) in [4.78, 5) is 2.41. The van der Waals surface area contributed by atoms with E-state index >= 15 is 0 Å². The van der Waals surface area contributed by atoms with Crippen molar-refractivity contribution in [1.82, 2.24) is 4.90 Å². The molecule has 3 nitrogen and oxygen atoms in total. The van der Waals surface area contributed by atoms with Crippen molar-refractivity contribution >= 4 is 6.08 Å². The van der Waals surface area contributed by atoms with E-state index in [1.54, 1.807) is 14.2 Å². The van der Waals surface area contributed by atoms with Crippen molar-refractivity contribution in [2.75, 3.05) is 33.9 Å². The van der Waals surface area contributed by atoms with Gasteiger partial charge < -0.3 is 9.47 Å². The smallest absolute Gasteiger partial charge is 0.118 e. The molecule has 0 aliphatic carbocycles. The molecule has 2 rings (SSSR count). The molecular formula is C15H21NO2. The molecule has 1 fully saturated rings. The van der Waals surface area contributed by atoms with Crippen molar-refractivity contribution in [1.29, 1.82) is 0 Å². The third kappa shape index (κ3) is 3.59. The highest BCUT2D eigenvalue weighted by molar-refractivity contribution is 5.50. The minimum Gasteiger partial charge on any atom is -0.497 e. The van der Waals surface area contributed by atoms with Gasteiger partial charge in [0.1, 0.15) is 5.75 Å². The number of hydrogen-bond donors (Lipinski definition) is 0. The molecule has 0 spiro atoms. The van der Waals surface area contributed by atoms with E-state index in [4.69, 9.17) is 9.47 Å². The van der Waals surface area contributed by atoms with Gasteiger partial charge in [-0.3, -0.25) is 4.90 Å². The van der Waals surface area contributed by atoms with Gasteiger partial charge in [0.2, 0.25) is 0 Å². The number of likely N-dealkylation sites (tertiary alicyclic amines) is 1. The van der Waals surface area contributed by atoms with Crippen molar-refractivity contribution < 1.29 is 9.47 Å². The summed E-state index contributed by atoms with van der Waals surface area (Å²) in [5, 5.41) is 0. The van der Waals surface area contributed by atoms with Crippen LogP contribution in [0.25, 0.3) is 6.08 Å². The molecule has 1 unspecified atom stereocenters. The van der Waals surface area contributed by atoms with Crippen LogP contribution < -0.4 is 4.74 Å². The van der Waals surface area contributed by atoms with Crippen LogP contribution in [0.15, 0.2) is 30.3 Å². The Morgan fingerprint density at radius 3 is 2.67 bits per heavy atom. The number of ether oxygens (including phenoxy) is 2. The van der Waals surface area contributed by atoms with E-state index in [1.165, 1.54) is 5.56 Å². The average Bonchev–Trinajstić information content (AvgIpc) is 2.87. The molecule has 0 bridgehead atoms. The normalized spacial score (nSPS) is 20.7. The predicted octanol–water partition coefficient (Wildman–Crippen LogP) is 2.43. The maximum absolute atomic E-state index is 5.35. The van der Waals surface area contributed by atoms with Gasteiger partial charge >= 0.3 is 0 Å². The molecule has 1 aliphatic heterocycles. The van der Waals surface area contributed by atoms with E-state index in [9.17, 15) is 0 Å². The molecule has 3 heteroatoms. The van der Waals surface area contributed by atoms with Crippen LogP contribution in [-0.4, -0.2) is 44.9 Å². The van der Waals surface area contributed by atoms with Crippen LogP contribution >= 0.6 is 0 Å². The van der Waals surface area contributed by atoms with Gasteiger partial charge in [0.25, 0.3) is 0 Å². The van der Waals surface area contributed by atoms with Gasteiger partial charge in [-0.1, -0.05) is 24.3 Å². The Morgan fingerprint density at radius 1 is 1.28 bits per heavy atom. The van der Waals surface area contributed by atoms with Crippen LogP contribution in [0.3, 0.4) is 0 Å². The van der Waals surface area contributed by atoms with Crippen molar-refractivity contribution in [3.63, 3.8) is 0 Å². The van der Waals surface area contributed by atoms with Gasteiger partial charge in [-0.25, -0.2) is 0 Å². The number of benzene rings is 1. The number of methoxy groups -OCH3 is 2. The molecule has 1 atom stereocenters. The monoisotopic (exact) mass is 247 g/mol. The predicted molar refractivity (Wildman–Crippen MR) is 73.9 cm³/mol. The molecule has 0 aromatic heterocycles. The highest BCUT2D eigenvalue weighted by Crippen LogP contribution is 2.14. The van der Waals surface area contributed by atoms with E-state index in [2.05, 4.69) is 29.2 Å². The van der Waals surface area contributed by atoms with E-state index < -0.39 is 0 Å². The van der Waals surface area contributed by atoms with Crippen LogP contribution in [0.2, 0.25) is 0 Å². The molecule has 1 aromatic carbocycles. The summed E-state index contributed by atoms with van der Waals surface area (Å²) in [6, 6.07) is 8.10. The van der Waals surface area contributed by atoms with Crippen molar-refractivity contribution in [3.8, 4) is 5.75 Å². The van der Waals surface area contributed by atoms with E-state index in [-0.39, 0.29) is 0 Å². The lowest BCUT2D eigenvalue weighted by molar-refractivity contribution is 0.109. The number of rotatable bonds is 5. The lowest BCUT2D eigenvalue weighted by Crippen LogP contribution is -2.22. The molecule has 1 aromatic rings.